The van der Waals surface area contributed by atoms with Gasteiger partial charge in [-0.3, -0.25) is 9.59 Å². The van der Waals surface area contributed by atoms with Gasteiger partial charge in [0.1, 0.15) is 17.9 Å². The largest absolute Gasteiger partial charge is 0.492 e. The number of hydrogen-bond donors (Lipinski definition) is 0. The highest BCUT2D eigenvalue weighted by molar-refractivity contribution is 5.93. The SMILES string of the molecule is Cn1cccc(C(=O)N(CCOc2ccccc2)C[C@@H]2CCCO2)c1=O. The van der Waals surface area contributed by atoms with Crippen LogP contribution in [0.25, 0.3) is 0 Å². The fraction of sp³-hybridized carbons (Fsp3) is 0.400. The van der Waals surface area contributed by atoms with Crippen molar-refractivity contribution in [3.8, 4) is 5.75 Å². The first kappa shape index (κ1) is 18.2. The Morgan fingerprint density at radius 1 is 1.27 bits per heavy atom. The summed E-state index contributed by atoms with van der Waals surface area (Å²) in [4.78, 5) is 26.9. The van der Waals surface area contributed by atoms with Crippen LogP contribution < -0.4 is 10.3 Å². The van der Waals surface area contributed by atoms with Crippen molar-refractivity contribution in [3.05, 3.63) is 64.6 Å². The smallest absolute Gasteiger partial charge is 0.263 e. The predicted molar refractivity (Wildman–Crippen MR) is 98.5 cm³/mol. The lowest BCUT2D eigenvalue weighted by molar-refractivity contribution is 0.0492. The van der Waals surface area contributed by atoms with Gasteiger partial charge in [-0.25, -0.2) is 0 Å². The Morgan fingerprint density at radius 3 is 2.81 bits per heavy atom. The second-order valence-corrected chi connectivity index (χ2v) is 6.39. The van der Waals surface area contributed by atoms with Gasteiger partial charge in [0.15, 0.2) is 0 Å². The summed E-state index contributed by atoms with van der Waals surface area (Å²) in [6.07, 6.45) is 3.58. The van der Waals surface area contributed by atoms with Crippen LogP contribution in [0.3, 0.4) is 0 Å². The van der Waals surface area contributed by atoms with E-state index in [4.69, 9.17) is 9.47 Å². The van der Waals surface area contributed by atoms with Crippen molar-refractivity contribution in [2.45, 2.75) is 18.9 Å². The Balaban J connectivity index is 1.70. The van der Waals surface area contributed by atoms with Gasteiger partial charge in [-0.1, -0.05) is 18.2 Å². The van der Waals surface area contributed by atoms with Crippen LogP contribution in [0.2, 0.25) is 0 Å². The Hall–Kier alpha value is -2.60. The average molecular weight is 356 g/mol. The summed E-state index contributed by atoms with van der Waals surface area (Å²) in [5.41, 5.74) is -0.119. The molecular weight excluding hydrogens is 332 g/mol. The zero-order valence-corrected chi connectivity index (χ0v) is 15.0. The highest BCUT2D eigenvalue weighted by Crippen LogP contribution is 2.15. The van der Waals surface area contributed by atoms with Crippen LogP contribution in [0.15, 0.2) is 53.5 Å². The third kappa shape index (κ3) is 4.52. The minimum Gasteiger partial charge on any atom is -0.492 e. The molecule has 1 aromatic heterocycles. The fourth-order valence-electron chi connectivity index (χ4n) is 3.03. The maximum atomic E-state index is 12.9. The van der Waals surface area contributed by atoms with Gasteiger partial charge in [0.05, 0.1) is 12.6 Å². The zero-order valence-electron chi connectivity index (χ0n) is 15.0. The van der Waals surface area contributed by atoms with E-state index in [1.54, 1.807) is 30.3 Å². The van der Waals surface area contributed by atoms with Gasteiger partial charge in [0.2, 0.25) is 0 Å². The quantitative estimate of drug-likeness (QED) is 0.762. The molecule has 0 radical (unpaired) electrons. The molecule has 6 heteroatoms. The van der Waals surface area contributed by atoms with Crippen LogP contribution in [-0.4, -0.2) is 47.8 Å². The third-order valence-corrected chi connectivity index (χ3v) is 4.46. The maximum Gasteiger partial charge on any atom is 0.263 e. The number of carbonyl (C=O) groups excluding carboxylic acids is 1. The molecule has 3 rings (SSSR count). The van der Waals surface area contributed by atoms with E-state index in [9.17, 15) is 9.59 Å². The molecule has 1 atom stereocenters. The molecule has 1 aliphatic rings. The van der Waals surface area contributed by atoms with Crippen molar-refractivity contribution in [1.29, 1.82) is 0 Å². The fourth-order valence-corrected chi connectivity index (χ4v) is 3.03. The van der Waals surface area contributed by atoms with Gasteiger partial charge in [-0.2, -0.15) is 0 Å². The summed E-state index contributed by atoms with van der Waals surface area (Å²) in [6.45, 7) is 1.94. The summed E-state index contributed by atoms with van der Waals surface area (Å²) in [6, 6.07) is 12.8. The number of aryl methyl sites for hydroxylation is 1. The zero-order chi connectivity index (χ0) is 18.4. The van der Waals surface area contributed by atoms with E-state index < -0.39 is 0 Å². The van der Waals surface area contributed by atoms with Crippen LogP contribution in [0.1, 0.15) is 23.2 Å². The van der Waals surface area contributed by atoms with E-state index in [1.807, 2.05) is 30.3 Å². The summed E-state index contributed by atoms with van der Waals surface area (Å²) in [5.74, 6) is 0.478. The van der Waals surface area contributed by atoms with Gasteiger partial charge in [-0.15, -0.1) is 0 Å². The van der Waals surface area contributed by atoms with Crippen LogP contribution in [0.5, 0.6) is 5.75 Å². The number of amides is 1. The van der Waals surface area contributed by atoms with Crippen molar-refractivity contribution in [2.75, 3.05) is 26.3 Å². The first-order valence-electron chi connectivity index (χ1n) is 8.89. The molecule has 1 amide bonds. The molecule has 1 aliphatic heterocycles. The van der Waals surface area contributed by atoms with E-state index in [0.717, 1.165) is 25.2 Å². The third-order valence-electron chi connectivity index (χ3n) is 4.46. The van der Waals surface area contributed by atoms with Gasteiger partial charge < -0.3 is 18.9 Å². The topological polar surface area (TPSA) is 60.8 Å². The summed E-state index contributed by atoms with van der Waals surface area (Å²) >= 11 is 0. The summed E-state index contributed by atoms with van der Waals surface area (Å²) in [5, 5.41) is 0. The average Bonchev–Trinajstić information content (AvgIpc) is 3.17. The van der Waals surface area contributed by atoms with Crippen molar-refractivity contribution >= 4 is 5.91 Å². The second-order valence-electron chi connectivity index (χ2n) is 6.39. The Morgan fingerprint density at radius 2 is 2.08 bits per heavy atom. The number of ether oxygens (including phenoxy) is 2. The number of benzene rings is 1. The molecule has 6 nitrogen and oxygen atoms in total. The standard InChI is InChI=1S/C20H24N2O4/c1-21-11-5-10-18(19(21)23)20(24)22(15-17-9-6-13-25-17)12-14-26-16-7-3-2-4-8-16/h2-5,7-8,10-11,17H,6,9,12-15H2,1H3/t17-/m0/s1. The van der Waals surface area contributed by atoms with Crippen molar-refractivity contribution in [3.63, 3.8) is 0 Å². The number of hydrogen-bond acceptors (Lipinski definition) is 4. The van der Waals surface area contributed by atoms with Gasteiger partial charge in [0, 0.05) is 26.4 Å². The maximum absolute atomic E-state index is 12.9. The van der Waals surface area contributed by atoms with E-state index in [2.05, 4.69) is 0 Å². The van der Waals surface area contributed by atoms with Crippen LogP contribution >= 0.6 is 0 Å². The molecule has 1 saturated heterocycles. The normalized spacial score (nSPS) is 16.4. The molecule has 0 aliphatic carbocycles. The van der Waals surface area contributed by atoms with E-state index in [-0.39, 0.29) is 23.1 Å². The minimum atomic E-state index is -0.293. The van der Waals surface area contributed by atoms with Crippen LogP contribution in [-0.2, 0) is 11.8 Å². The van der Waals surface area contributed by atoms with E-state index in [0.29, 0.717) is 19.7 Å². The first-order valence-corrected chi connectivity index (χ1v) is 8.89. The number of rotatable bonds is 7. The number of carbonyl (C=O) groups is 1. The molecular formula is C20H24N2O4. The van der Waals surface area contributed by atoms with Crippen LogP contribution in [0.4, 0.5) is 0 Å². The highest BCUT2D eigenvalue weighted by Gasteiger charge is 2.25. The molecule has 1 fully saturated rings. The second kappa shape index (κ2) is 8.67. The van der Waals surface area contributed by atoms with Gasteiger partial charge in [-0.05, 0) is 37.1 Å². The summed E-state index contributed by atoms with van der Waals surface area (Å²) < 4.78 is 12.8. The Labute approximate surface area is 153 Å². The molecule has 2 aromatic rings. The number of aromatic nitrogens is 1. The molecule has 0 N–H and O–H groups in total. The lowest BCUT2D eigenvalue weighted by Gasteiger charge is -2.25. The van der Waals surface area contributed by atoms with Crippen molar-refractivity contribution < 1.29 is 14.3 Å². The van der Waals surface area contributed by atoms with Crippen LogP contribution in [0, 0.1) is 0 Å². The van der Waals surface area contributed by atoms with E-state index in [1.165, 1.54) is 4.57 Å². The monoisotopic (exact) mass is 356 g/mol. The minimum absolute atomic E-state index is 0.0169. The molecule has 0 saturated carbocycles. The lowest BCUT2D eigenvalue weighted by atomic mass is 10.2. The molecule has 26 heavy (non-hydrogen) atoms. The summed E-state index contributed by atoms with van der Waals surface area (Å²) in [7, 11) is 1.64. The first-order chi connectivity index (χ1) is 12.6. The number of pyridine rings is 1. The highest BCUT2D eigenvalue weighted by atomic mass is 16.5. The molecule has 0 unspecified atom stereocenters. The molecule has 1 aromatic carbocycles. The molecule has 0 bridgehead atoms. The molecule has 138 valence electrons. The Kier molecular flexibility index (Phi) is 6.07. The Bertz CT molecular complexity index is 782. The molecule has 2 heterocycles. The molecule has 0 spiro atoms. The van der Waals surface area contributed by atoms with Crippen molar-refractivity contribution in [1.82, 2.24) is 9.47 Å². The van der Waals surface area contributed by atoms with Crippen molar-refractivity contribution in [2.24, 2.45) is 7.05 Å². The van der Waals surface area contributed by atoms with Gasteiger partial charge >= 0.3 is 0 Å². The van der Waals surface area contributed by atoms with Gasteiger partial charge in [0.25, 0.3) is 11.5 Å². The van der Waals surface area contributed by atoms with E-state index >= 15 is 0 Å². The predicted octanol–water partition coefficient (Wildman–Crippen LogP) is 2.09. The number of para-hydroxylation sites is 1. The lowest BCUT2D eigenvalue weighted by Crippen LogP contribution is -2.42. The number of nitrogens with zero attached hydrogens (tertiary/aromatic N) is 2.